The predicted molar refractivity (Wildman–Crippen MR) is 125 cm³/mol. The molecule has 1 aliphatic heterocycles. The van der Waals surface area contributed by atoms with Crippen LogP contribution in [0.2, 0.25) is 0 Å². The number of halogens is 1. The molecule has 1 aliphatic rings. The lowest BCUT2D eigenvalue weighted by atomic mass is 10.0. The van der Waals surface area contributed by atoms with E-state index in [1.165, 1.54) is 11.1 Å². The zero-order valence-electron chi connectivity index (χ0n) is 20.2. The maximum absolute atomic E-state index is 14.1. The molecule has 1 fully saturated rings. The van der Waals surface area contributed by atoms with E-state index in [-0.39, 0.29) is 6.54 Å². The number of carbonyl (C=O) groups is 1. The Balaban J connectivity index is 1.78. The molecule has 1 aromatic carbocycles. The highest BCUT2D eigenvalue weighted by molar-refractivity contribution is 7.88. The average molecular weight is 495 g/mol. The van der Waals surface area contributed by atoms with Crippen molar-refractivity contribution in [3.05, 3.63) is 47.9 Å². The van der Waals surface area contributed by atoms with E-state index in [0.717, 1.165) is 11.8 Å². The monoisotopic (exact) mass is 494 g/mol. The summed E-state index contributed by atoms with van der Waals surface area (Å²) in [5, 5.41) is 0. The van der Waals surface area contributed by atoms with Gasteiger partial charge in [0.25, 0.3) is 0 Å². The third kappa shape index (κ3) is 6.28. The second-order valence-electron chi connectivity index (χ2n) is 9.67. The topological polar surface area (TPSA) is 111 Å². The molecule has 1 N–H and O–H groups in total. The molecule has 0 spiro atoms. The van der Waals surface area contributed by atoms with Gasteiger partial charge in [-0.2, -0.15) is 0 Å². The third-order valence-electron chi connectivity index (χ3n) is 5.18. The summed E-state index contributed by atoms with van der Waals surface area (Å²) in [7, 11) is -3.32. The molecule has 11 heteroatoms. The van der Waals surface area contributed by atoms with E-state index in [9.17, 15) is 17.6 Å². The average Bonchev–Trinajstić information content (AvgIpc) is 3.01. The molecule has 2 heterocycles. The summed E-state index contributed by atoms with van der Waals surface area (Å²) in [4.78, 5) is 22.7. The van der Waals surface area contributed by atoms with Crippen LogP contribution in [-0.2, 0) is 26.0 Å². The number of nitrogens with one attached hydrogen (secondary N) is 1. The molecule has 1 saturated heterocycles. The Hall–Kier alpha value is -2.63. The standard InChI is InChI=1S/C23H31FN4O5S/c1-22(2,3)33-21(29)28-19(11-24)20(32-23(28,4)5)16-9-7-15(8-10-16)18-14-25-17(12-26-18)13-27-34(6,30)31/h7-10,12,14,19-20,27H,11,13H2,1-6H3/t19-,20-/m1/s1. The third-order valence-corrected chi connectivity index (χ3v) is 5.85. The van der Waals surface area contributed by atoms with Crippen molar-refractivity contribution in [3.8, 4) is 11.3 Å². The predicted octanol–water partition coefficient (Wildman–Crippen LogP) is 3.58. The molecule has 1 aromatic heterocycles. The number of hydrogen-bond donors (Lipinski definition) is 1. The number of amides is 1. The summed E-state index contributed by atoms with van der Waals surface area (Å²) >= 11 is 0. The maximum atomic E-state index is 14.1. The van der Waals surface area contributed by atoms with Gasteiger partial charge in [-0.25, -0.2) is 22.3 Å². The van der Waals surface area contributed by atoms with E-state index in [4.69, 9.17) is 9.47 Å². The van der Waals surface area contributed by atoms with Crippen LogP contribution in [0.1, 0.15) is 52.0 Å². The Morgan fingerprint density at radius 2 is 1.85 bits per heavy atom. The summed E-state index contributed by atoms with van der Waals surface area (Å²) < 4.78 is 50.5. The van der Waals surface area contributed by atoms with Gasteiger partial charge in [0.05, 0.1) is 42.6 Å². The van der Waals surface area contributed by atoms with E-state index in [1.807, 2.05) is 12.1 Å². The minimum Gasteiger partial charge on any atom is -0.444 e. The quantitative estimate of drug-likeness (QED) is 0.653. The highest BCUT2D eigenvalue weighted by Gasteiger charge is 2.51. The second-order valence-corrected chi connectivity index (χ2v) is 11.5. The lowest BCUT2D eigenvalue weighted by Gasteiger charge is -2.34. The molecule has 9 nitrogen and oxygen atoms in total. The number of alkyl halides is 1. The van der Waals surface area contributed by atoms with Gasteiger partial charge in [-0.05, 0) is 40.2 Å². The van der Waals surface area contributed by atoms with Gasteiger partial charge in [-0.15, -0.1) is 0 Å². The second kappa shape index (κ2) is 9.55. The van der Waals surface area contributed by atoms with E-state index in [1.54, 1.807) is 52.9 Å². The highest BCUT2D eigenvalue weighted by atomic mass is 32.2. The molecule has 0 unspecified atom stereocenters. The first kappa shape index (κ1) is 26.0. The molecule has 2 aromatic rings. The lowest BCUT2D eigenvalue weighted by Crippen LogP contribution is -2.50. The van der Waals surface area contributed by atoms with Crippen molar-refractivity contribution in [2.45, 2.75) is 64.6 Å². The van der Waals surface area contributed by atoms with Crippen LogP contribution in [0, 0.1) is 0 Å². The van der Waals surface area contributed by atoms with Crippen LogP contribution in [0.5, 0.6) is 0 Å². The minimum atomic E-state index is -3.32. The molecule has 1 amide bonds. The molecule has 186 valence electrons. The first-order chi connectivity index (χ1) is 15.7. The summed E-state index contributed by atoms with van der Waals surface area (Å²) in [6.07, 6.45) is 2.84. The Labute approximate surface area is 199 Å². The fraction of sp³-hybridized carbons (Fsp3) is 0.522. The first-order valence-electron chi connectivity index (χ1n) is 10.8. The Morgan fingerprint density at radius 3 is 2.35 bits per heavy atom. The molecule has 0 saturated carbocycles. The van der Waals surface area contributed by atoms with Gasteiger partial charge >= 0.3 is 6.09 Å². The van der Waals surface area contributed by atoms with Crippen LogP contribution < -0.4 is 4.72 Å². The lowest BCUT2D eigenvalue weighted by molar-refractivity contribution is -0.0797. The van der Waals surface area contributed by atoms with Crippen LogP contribution >= 0.6 is 0 Å². The summed E-state index contributed by atoms with van der Waals surface area (Å²) in [5.41, 5.74) is 0.805. The fourth-order valence-corrected chi connectivity index (χ4v) is 4.14. The summed E-state index contributed by atoms with van der Waals surface area (Å²) in [5.74, 6) is 0. The molecule has 0 bridgehead atoms. The number of benzene rings is 1. The molecular formula is C23H31FN4O5S. The number of ether oxygens (including phenoxy) is 2. The number of aromatic nitrogens is 2. The van der Waals surface area contributed by atoms with E-state index >= 15 is 0 Å². The van der Waals surface area contributed by atoms with Crippen molar-refractivity contribution in [1.29, 1.82) is 0 Å². The zero-order chi connectivity index (χ0) is 25.3. The number of carbonyl (C=O) groups excluding carboxylic acids is 1. The summed E-state index contributed by atoms with van der Waals surface area (Å²) in [6, 6.07) is 6.40. The Kier molecular flexibility index (Phi) is 7.30. The van der Waals surface area contributed by atoms with E-state index in [2.05, 4.69) is 14.7 Å². The van der Waals surface area contributed by atoms with Gasteiger partial charge in [0.1, 0.15) is 24.1 Å². The molecule has 34 heavy (non-hydrogen) atoms. The van der Waals surface area contributed by atoms with Gasteiger partial charge in [0.2, 0.25) is 10.0 Å². The molecule has 3 rings (SSSR count). The fourth-order valence-electron chi connectivity index (χ4n) is 3.73. The van der Waals surface area contributed by atoms with Gasteiger partial charge in [-0.3, -0.25) is 14.9 Å². The highest BCUT2D eigenvalue weighted by Crippen LogP contribution is 2.42. The van der Waals surface area contributed by atoms with E-state index < -0.39 is 46.3 Å². The smallest absolute Gasteiger partial charge is 0.413 e. The summed E-state index contributed by atoms with van der Waals surface area (Å²) in [6.45, 7) is 7.96. The Bertz CT molecular complexity index is 1120. The van der Waals surface area contributed by atoms with Crippen LogP contribution in [0.3, 0.4) is 0 Å². The van der Waals surface area contributed by atoms with Crippen molar-refractivity contribution < 1.29 is 27.1 Å². The van der Waals surface area contributed by atoms with Crippen molar-refractivity contribution in [3.63, 3.8) is 0 Å². The minimum absolute atomic E-state index is 0.0542. The number of hydrogen-bond acceptors (Lipinski definition) is 7. The number of nitrogens with zero attached hydrogens (tertiary/aromatic N) is 3. The zero-order valence-corrected chi connectivity index (χ0v) is 21.0. The number of sulfonamides is 1. The van der Waals surface area contributed by atoms with Gasteiger partial charge in [0, 0.05) is 5.56 Å². The number of rotatable bonds is 6. The molecule has 0 radical (unpaired) electrons. The van der Waals surface area contributed by atoms with Crippen LogP contribution in [-0.4, -0.2) is 59.7 Å². The largest absolute Gasteiger partial charge is 0.444 e. The molecule has 2 atom stereocenters. The van der Waals surface area contributed by atoms with Crippen LogP contribution in [0.4, 0.5) is 9.18 Å². The first-order valence-corrected chi connectivity index (χ1v) is 12.7. The van der Waals surface area contributed by atoms with Gasteiger partial charge in [0.15, 0.2) is 0 Å². The van der Waals surface area contributed by atoms with Crippen LogP contribution in [0.25, 0.3) is 11.3 Å². The van der Waals surface area contributed by atoms with Crippen molar-refractivity contribution >= 4 is 16.1 Å². The van der Waals surface area contributed by atoms with Crippen molar-refractivity contribution in [1.82, 2.24) is 19.6 Å². The molecular weight excluding hydrogens is 463 g/mol. The molecule has 0 aliphatic carbocycles. The van der Waals surface area contributed by atoms with Gasteiger partial charge in [-0.1, -0.05) is 24.3 Å². The van der Waals surface area contributed by atoms with Crippen molar-refractivity contribution in [2.75, 3.05) is 12.9 Å². The van der Waals surface area contributed by atoms with Crippen LogP contribution in [0.15, 0.2) is 36.7 Å². The normalized spacial score (nSPS) is 20.4. The van der Waals surface area contributed by atoms with Gasteiger partial charge < -0.3 is 9.47 Å². The van der Waals surface area contributed by atoms with E-state index in [0.29, 0.717) is 17.0 Å². The maximum Gasteiger partial charge on any atom is 0.413 e. The Morgan fingerprint density at radius 1 is 1.21 bits per heavy atom. The SMILES string of the molecule is CC(C)(C)OC(=O)N1[C@H](CF)[C@@H](c2ccc(-c3cnc(CNS(C)(=O)=O)cn3)cc2)OC1(C)C. The van der Waals surface area contributed by atoms with Crippen molar-refractivity contribution in [2.24, 2.45) is 0 Å².